The average molecular weight is 226 g/mol. The number of nitrogens with zero attached hydrogens (tertiary/aromatic N) is 1. The van der Waals surface area contributed by atoms with E-state index in [1.54, 1.807) is 0 Å². The predicted molar refractivity (Wildman–Crippen MR) is 58.5 cm³/mol. The van der Waals surface area contributed by atoms with Gasteiger partial charge in [0.2, 0.25) is 0 Å². The molecule has 0 amide bonds. The largest absolute Gasteiger partial charge is 0.411 e. The van der Waals surface area contributed by atoms with E-state index < -0.39 is 0 Å². The summed E-state index contributed by atoms with van der Waals surface area (Å²) in [6, 6.07) is 7.64. The van der Waals surface area contributed by atoms with Gasteiger partial charge in [-0.1, -0.05) is 23.7 Å². The first-order valence-corrected chi connectivity index (χ1v) is 5.22. The van der Waals surface area contributed by atoms with Crippen LogP contribution in [0.4, 0.5) is 0 Å². The van der Waals surface area contributed by atoms with Crippen LogP contribution in [0.15, 0.2) is 29.4 Å². The molecule has 1 saturated heterocycles. The zero-order chi connectivity index (χ0) is 10.7. The molecule has 0 spiro atoms. The van der Waals surface area contributed by atoms with E-state index in [1.165, 1.54) is 6.21 Å². The number of hydrogen-bond donors (Lipinski definition) is 1. The van der Waals surface area contributed by atoms with Crippen LogP contribution in [0, 0.1) is 5.92 Å². The van der Waals surface area contributed by atoms with Gasteiger partial charge in [0.05, 0.1) is 12.7 Å². The Bertz CT molecular complexity index is 350. The fraction of sp³-hybridized carbons (Fsp3) is 0.364. The number of halogens is 1. The Labute approximate surface area is 93.3 Å². The number of rotatable bonds is 2. The third kappa shape index (κ3) is 2.49. The molecule has 1 aromatic carbocycles. The molecule has 3 nitrogen and oxygen atoms in total. The van der Waals surface area contributed by atoms with E-state index in [4.69, 9.17) is 21.5 Å². The van der Waals surface area contributed by atoms with Crippen LogP contribution in [0.2, 0.25) is 5.02 Å². The molecule has 1 fully saturated rings. The molecule has 15 heavy (non-hydrogen) atoms. The van der Waals surface area contributed by atoms with Crippen LogP contribution in [0.3, 0.4) is 0 Å². The van der Waals surface area contributed by atoms with Crippen LogP contribution in [-0.4, -0.2) is 18.0 Å². The van der Waals surface area contributed by atoms with Crippen LogP contribution in [0.5, 0.6) is 0 Å². The Morgan fingerprint density at radius 1 is 1.40 bits per heavy atom. The zero-order valence-electron chi connectivity index (χ0n) is 8.14. The van der Waals surface area contributed by atoms with Crippen LogP contribution >= 0.6 is 11.6 Å². The van der Waals surface area contributed by atoms with E-state index in [1.807, 2.05) is 24.3 Å². The number of ether oxygens (including phenoxy) is 1. The van der Waals surface area contributed by atoms with Gasteiger partial charge in [-0.3, -0.25) is 0 Å². The second-order valence-electron chi connectivity index (χ2n) is 3.63. The Morgan fingerprint density at radius 2 is 2.13 bits per heavy atom. The van der Waals surface area contributed by atoms with Crippen molar-refractivity contribution in [3.05, 3.63) is 34.9 Å². The van der Waals surface area contributed by atoms with Gasteiger partial charge in [0, 0.05) is 17.2 Å². The highest BCUT2D eigenvalue weighted by molar-refractivity contribution is 6.30. The molecule has 1 aliphatic heterocycles. The standard InChI is InChI=1S/C11H12ClNO2/c12-10-3-1-9(2-4-10)11-5-8(6-13-14)7-15-11/h1-4,6,8,11,14H,5,7H2/b13-6+. The van der Waals surface area contributed by atoms with Crippen molar-refractivity contribution in [2.24, 2.45) is 11.1 Å². The third-order valence-corrected chi connectivity index (χ3v) is 2.80. The first-order valence-electron chi connectivity index (χ1n) is 4.84. The molecule has 0 aromatic heterocycles. The van der Waals surface area contributed by atoms with Gasteiger partial charge >= 0.3 is 0 Å². The molecule has 1 heterocycles. The van der Waals surface area contributed by atoms with Crippen LogP contribution in [-0.2, 0) is 4.74 Å². The van der Waals surface area contributed by atoms with E-state index >= 15 is 0 Å². The summed E-state index contributed by atoms with van der Waals surface area (Å²) >= 11 is 5.80. The van der Waals surface area contributed by atoms with Crippen LogP contribution < -0.4 is 0 Å². The summed E-state index contributed by atoms with van der Waals surface area (Å²) < 4.78 is 5.60. The summed E-state index contributed by atoms with van der Waals surface area (Å²) in [6.07, 6.45) is 2.46. The van der Waals surface area contributed by atoms with Gasteiger partial charge < -0.3 is 9.94 Å². The van der Waals surface area contributed by atoms with E-state index in [9.17, 15) is 0 Å². The van der Waals surface area contributed by atoms with Crippen molar-refractivity contribution >= 4 is 17.8 Å². The normalized spacial score (nSPS) is 26.2. The molecule has 0 aliphatic carbocycles. The predicted octanol–water partition coefficient (Wildman–Crippen LogP) is 2.88. The number of benzene rings is 1. The minimum absolute atomic E-state index is 0.0882. The topological polar surface area (TPSA) is 41.8 Å². The smallest absolute Gasteiger partial charge is 0.0832 e. The zero-order valence-corrected chi connectivity index (χ0v) is 8.89. The minimum atomic E-state index is 0.0882. The first kappa shape index (κ1) is 10.5. The summed E-state index contributed by atoms with van der Waals surface area (Å²) in [6.45, 7) is 0.608. The molecule has 1 aromatic rings. The van der Waals surface area contributed by atoms with Gasteiger partial charge in [0.25, 0.3) is 0 Å². The van der Waals surface area contributed by atoms with Gasteiger partial charge in [-0.2, -0.15) is 0 Å². The second-order valence-corrected chi connectivity index (χ2v) is 4.07. The molecule has 2 unspecified atom stereocenters. The molecule has 0 radical (unpaired) electrons. The van der Waals surface area contributed by atoms with Crippen molar-refractivity contribution in [1.82, 2.24) is 0 Å². The SMILES string of the molecule is O/N=C/C1COC(c2ccc(Cl)cc2)C1. The Hall–Kier alpha value is -1.06. The summed E-state index contributed by atoms with van der Waals surface area (Å²) in [5, 5.41) is 12.2. The Kier molecular flexibility index (Phi) is 3.23. The maximum atomic E-state index is 8.42. The number of oxime groups is 1. The minimum Gasteiger partial charge on any atom is -0.411 e. The highest BCUT2D eigenvalue weighted by atomic mass is 35.5. The summed E-state index contributed by atoms with van der Waals surface area (Å²) in [4.78, 5) is 0. The molecular formula is C11H12ClNO2. The van der Waals surface area contributed by atoms with Crippen molar-refractivity contribution in [2.75, 3.05) is 6.61 Å². The fourth-order valence-corrected chi connectivity index (χ4v) is 1.88. The van der Waals surface area contributed by atoms with E-state index in [2.05, 4.69) is 5.16 Å². The van der Waals surface area contributed by atoms with Crippen molar-refractivity contribution in [1.29, 1.82) is 0 Å². The lowest BCUT2D eigenvalue weighted by Crippen LogP contribution is -1.99. The molecule has 1 N–H and O–H groups in total. The maximum Gasteiger partial charge on any atom is 0.0832 e. The van der Waals surface area contributed by atoms with E-state index in [-0.39, 0.29) is 12.0 Å². The lowest BCUT2D eigenvalue weighted by Gasteiger charge is -2.08. The molecular weight excluding hydrogens is 214 g/mol. The lowest BCUT2D eigenvalue weighted by molar-refractivity contribution is 0.110. The third-order valence-electron chi connectivity index (χ3n) is 2.55. The van der Waals surface area contributed by atoms with Crippen molar-refractivity contribution in [3.63, 3.8) is 0 Å². The second kappa shape index (κ2) is 4.64. The van der Waals surface area contributed by atoms with E-state index in [0.717, 1.165) is 17.0 Å². The van der Waals surface area contributed by atoms with Gasteiger partial charge in [0.1, 0.15) is 0 Å². The first-order chi connectivity index (χ1) is 7.29. The van der Waals surface area contributed by atoms with Crippen LogP contribution in [0.1, 0.15) is 18.1 Å². The molecule has 1 aliphatic rings. The molecule has 80 valence electrons. The molecule has 2 atom stereocenters. The van der Waals surface area contributed by atoms with E-state index in [0.29, 0.717) is 6.61 Å². The Balaban J connectivity index is 2.04. The summed E-state index contributed by atoms with van der Waals surface area (Å²) in [5.74, 6) is 0.204. The molecule has 4 heteroatoms. The van der Waals surface area contributed by atoms with Gasteiger partial charge in [-0.25, -0.2) is 0 Å². The van der Waals surface area contributed by atoms with Crippen LogP contribution in [0.25, 0.3) is 0 Å². The summed E-state index contributed by atoms with van der Waals surface area (Å²) in [5.41, 5.74) is 1.12. The molecule has 0 saturated carbocycles. The number of hydrogen-bond acceptors (Lipinski definition) is 3. The van der Waals surface area contributed by atoms with Gasteiger partial charge in [0.15, 0.2) is 0 Å². The maximum absolute atomic E-state index is 8.42. The van der Waals surface area contributed by atoms with Crippen molar-refractivity contribution in [3.8, 4) is 0 Å². The monoisotopic (exact) mass is 225 g/mol. The van der Waals surface area contributed by atoms with Gasteiger partial charge in [-0.15, -0.1) is 5.16 Å². The Morgan fingerprint density at radius 3 is 2.80 bits per heavy atom. The highest BCUT2D eigenvalue weighted by Crippen LogP contribution is 2.31. The quantitative estimate of drug-likeness (QED) is 0.478. The fourth-order valence-electron chi connectivity index (χ4n) is 1.76. The van der Waals surface area contributed by atoms with Gasteiger partial charge in [-0.05, 0) is 24.1 Å². The van der Waals surface area contributed by atoms with Crippen molar-refractivity contribution < 1.29 is 9.94 Å². The average Bonchev–Trinajstić information content (AvgIpc) is 2.68. The lowest BCUT2D eigenvalue weighted by atomic mass is 10.0. The molecule has 2 rings (SSSR count). The summed E-state index contributed by atoms with van der Waals surface area (Å²) in [7, 11) is 0. The van der Waals surface area contributed by atoms with Crippen molar-refractivity contribution in [2.45, 2.75) is 12.5 Å². The highest BCUT2D eigenvalue weighted by Gasteiger charge is 2.25. The molecule has 0 bridgehead atoms.